The SMILES string of the molecule is CC(C)(C)CC(O)CCOC(=O)c1ccccc1C(=O)O.CC(C)C(=O)OCc1ccccc1. The molecule has 0 fully saturated rings. The zero-order chi connectivity index (χ0) is 25.7. The van der Waals surface area contributed by atoms with Crippen LogP contribution in [-0.4, -0.2) is 40.8 Å². The zero-order valence-electron chi connectivity index (χ0n) is 20.6. The number of carboxylic acids is 1. The lowest BCUT2D eigenvalue weighted by Gasteiger charge is -2.22. The first kappa shape index (κ1) is 28.8. The van der Waals surface area contributed by atoms with E-state index in [4.69, 9.17) is 14.6 Å². The summed E-state index contributed by atoms with van der Waals surface area (Å²) >= 11 is 0. The Morgan fingerprint density at radius 3 is 1.97 bits per heavy atom. The van der Waals surface area contributed by atoms with Gasteiger partial charge in [0.2, 0.25) is 0 Å². The minimum atomic E-state index is -1.17. The molecular weight excluding hydrogens is 436 g/mol. The van der Waals surface area contributed by atoms with E-state index in [-0.39, 0.29) is 35.0 Å². The summed E-state index contributed by atoms with van der Waals surface area (Å²) in [5.41, 5.74) is 0.962. The average molecular weight is 473 g/mol. The first-order valence-electron chi connectivity index (χ1n) is 11.3. The second-order valence-corrected chi connectivity index (χ2v) is 9.44. The van der Waals surface area contributed by atoms with Crippen LogP contribution in [0.15, 0.2) is 54.6 Å². The Hall–Kier alpha value is -3.19. The smallest absolute Gasteiger partial charge is 0.339 e. The third-order valence-electron chi connectivity index (χ3n) is 4.60. The Bertz CT molecular complexity index is 914. The van der Waals surface area contributed by atoms with E-state index >= 15 is 0 Å². The molecule has 0 radical (unpaired) electrons. The van der Waals surface area contributed by atoms with Gasteiger partial charge in [-0.2, -0.15) is 0 Å². The normalized spacial score (nSPS) is 11.7. The molecule has 0 heterocycles. The molecule has 0 saturated carbocycles. The van der Waals surface area contributed by atoms with Crippen molar-refractivity contribution in [1.29, 1.82) is 0 Å². The van der Waals surface area contributed by atoms with Crippen molar-refractivity contribution in [1.82, 2.24) is 0 Å². The molecule has 1 unspecified atom stereocenters. The predicted molar refractivity (Wildman–Crippen MR) is 129 cm³/mol. The third-order valence-corrected chi connectivity index (χ3v) is 4.60. The van der Waals surface area contributed by atoms with Gasteiger partial charge in [-0.15, -0.1) is 0 Å². The molecule has 1 atom stereocenters. The summed E-state index contributed by atoms with van der Waals surface area (Å²) in [5.74, 6) is -2.06. The van der Waals surface area contributed by atoms with Crippen molar-refractivity contribution in [2.75, 3.05) is 6.61 Å². The Kier molecular flexibility index (Phi) is 12.0. The summed E-state index contributed by atoms with van der Waals surface area (Å²) < 4.78 is 10.1. The van der Waals surface area contributed by atoms with Gasteiger partial charge in [-0.25, -0.2) is 9.59 Å². The fourth-order valence-corrected chi connectivity index (χ4v) is 2.92. The minimum absolute atomic E-state index is 0.000662. The van der Waals surface area contributed by atoms with Crippen molar-refractivity contribution in [2.45, 2.75) is 60.2 Å². The lowest BCUT2D eigenvalue weighted by molar-refractivity contribution is -0.148. The Morgan fingerprint density at radius 2 is 1.44 bits per heavy atom. The predicted octanol–water partition coefficient (Wildman–Crippen LogP) is 5.11. The van der Waals surface area contributed by atoms with Gasteiger partial charge in [-0.3, -0.25) is 4.79 Å². The van der Waals surface area contributed by atoms with Gasteiger partial charge in [-0.05, 0) is 29.5 Å². The van der Waals surface area contributed by atoms with E-state index in [1.54, 1.807) is 12.1 Å². The second kappa shape index (κ2) is 14.2. The maximum absolute atomic E-state index is 11.9. The van der Waals surface area contributed by atoms with E-state index < -0.39 is 18.0 Å². The Morgan fingerprint density at radius 1 is 0.882 bits per heavy atom. The van der Waals surface area contributed by atoms with Crippen LogP contribution in [0.4, 0.5) is 0 Å². The van der Waals surface area contributed by atoms with Gasteiger partial charge in [0.25, 0.3) is 0 Å². The van der Waals surface area contributed by atoms with Crippen LogP contribution in [0.3, 0.4) is 0 Å². The lowest BCUT2D eigenvalue weighted by Crippen LogP contribution is -2.20. The minimum Gasteiger partial charge on any atom is -0.478 e. The number of carbonyl (C=O) groups excluding carboxylic acids is 2. The van der Waals surface area contributed by atoms with E-state index in [1.165, 1.54) is 12.1 Å². The first-order valence-corrected chi connectivity index (χ1v) is 11.3. The molecule has 2 aromatic carbocycles. The Balaban J connectivity index is 0.000000380. The van der Waals surface area contributed by atoms with Crippen molar-refractivity contribution in [3.63, 3.8) is 0 Å². The maximum atomic E-state index is 11.9. The van der Waals surface area contributed by atoms with E-state index in [1.807, 2.05) is 65.0 Å². The van der Waals surface area contributed by atoms with Crippen LogP contribution < -0.4 is 0 Å². The highest BCUT2D eigenvalue weighted by atomic mass is 16.5. The van der Waals surface area contributed by atoms with Crippen LogP contribution >= 0.6 is 0 Å². The average Bonchev–Trinajstić information content (AvgIpc) is 2.77. The number of hydrogen-bond donors (Lipinski definition) is 2. The number of rotatable bonds is 9. The number of aliphatic hydroxyl groups is 1. The molecule has 2 rings (SSSR count). The molecule has 2 N–H and O–H groups in total. The van der Waals surface area contributed by atoms with Crippen LogP contribution in [0, 0.1) is 11.3 Å². The summed E-state index contributed by atoms with van der Waals surface area (Å²) in [7, 11) is 0. The fourth-order valence-electron chi connectivity index (χ4n) is 2.92. The molecular formula is C27H36O7. The molecule has 186 valence electrons. The molecule has 7 nitrogen and oxygen atoms in total. The molecule has 0 aliphatic rings. The van der Waals surface area contributed by atoms with E-state index in [0.29, 0.717) is 19.4 Å². The molecule has 7 heteroatoms. The standard InChI is InChI=1S/C16H22O5.C11H14O2/c1-16(2,3)10-11(17)8-9-21-15(20)13-7-5-4-6-12(13)14(18)19;1-9(2)11(12)13-8-10-6-4-3-5-7-10/h4-7,11,17H,8-10H2,1-3H3,(H,18,19);3-7,9H,8H2,1-2H3. The van der Waals surface area contributed by atoms with Gasteiger partial charge in [0, 0.05) is 6.42 Å². The van der Waals surface area contributed by atoms with Gasteiger partial charge in [0.1, 0.15) is 6.61 Å². The molecule has 2 aromatic rings. The van der Waals surface area contributed by atoms with Crippen molar-refractivity contribution in [3.05, 3.63) is 71.3 Å². The molecule has 0 bridgehead atoms. The second-order valence-electron chi connectivity index (χ2n) is 9.44. The molecule has 0 aliphatic heterocycles. The number of carboxylic acid groups (broad SMARTS) is 1. The number of hydrogen-bond acceptors (Lipinski definition) is 6. The lowest BCUT2D eigenvalue weighted by atomic mass is 9.88. The Labute approximate surface area is 201 Å². The summed E-state index contributed by atoms with van der Waals surface area (Å²) in [6.07, 6.45) is 0.390. The summed E-state index contributed by atoms with van der Waals surface area (Å²) in [4.78, 5) is 34.0. The van der Waals surface area contributed by atoms with Gasteiger partial charge >= 0.3 is 17.9 Å². The van der Waals surface area contributed by atoms with Crippen molar-refractivity contribution in [2.24, 2.45) is 11.3 Å². The first-order chi connectivity index (χ1) is 15.9. The molecule has 0 spiro atoms. The topological polar surface area (TPSA) is 110 Å². The zero-order valence-corrected chi connectivity index (χ0v) is 20.6. The highest BCUT2D eigenvalue weighted by molar-refractivity contribution is 6.02. The molecule has 0 amide bonds. The van der Waals surface area contributed by atoms with Crippen LogP contribution in [0.5, 0.6) is 0 Å². The molecule has 34 heavy (non-hydrogen) atoms. The van der Waals surface area contributed by atoms with Crippen molar-refractivity contribution in [3.8, 4) is 0 Å². The number of carbonyl (C=O) groups is 3. The third kappa shape index (κ3) is 11.6. The number of esters is 2. The van der Waals surface area contributed by atoms with Gasteiger partial charge < -0.3 is 19.7 Å². The van der Waals surface area contributed by atoms with Gasteiger partial charge in [0.05, 0.1) is 29.8 Å². The summed E-state index contributed by atoms with van der Waals surface area (Å²) in [6.45, 7) is 10.1. The maximum Gasteiger partial charge on any atom is 0.339 e. The van der Waals surface area contributed by atoms with Crippen molar-refractivity contribution < 1.29 is 34.1 Å². The monoisotopic (exact) mass is 472 g/mol. The van der Waals surface area contributed by atoms with Crippen LogP contribution in [-0.2, 0) is 20.9 Å². The highest BCUT2D eigenvalue weighted by Crippen LogP contribution is 2.22. The largest absolute Gasteiger partial charge is 0.478 e. The van der Waals surface area contributed by atoms with Crippen LogP contribution in [0.25, 0.3) is 0 Å². The van der Waals surface area contributed by atoms with Gasteiger partial charge in [-0.1, -0.05) is 77.1 Å². The molecule has 0 saturated heterocycles. The number of benzene rings is 2. The number of aromatic carboxylic acids is 1. The summed E-state index contributed by atoms with van der Waals surface area (Å²) in [6, 6.07) is 15.6. The fraction of sp³-hybridized carbons (Fsp3) is 0.444. The quantitative estimate of drug-likeness (QED) is 0.488. The van der Waals surface area contributed by atoms with Crippen molar-refractivity contribution >= 4 is 17.9 Å². The highest BCUT2D eigenvalue weighted by Gasteiger charge is 2.19. The van der Waals surface area contributed by atoms with Gasteiger partial charge in [0.15, 0.2) is 0 Å². The van der Waals surface area contributed by atoms with Crippen LogP contribution in [0.1, 0.15) is 73.7 Å². The molecule has 0 aliphatic carbocycles. The van der Waals surface area contributed by atoms with Crippen LogP contribution in [0.2, 0.25) is 0 Å². The number of ether oxygens (including phenoxy) is 2. The van der Waals surface area contributed by atoms with E-state index in [9.17, 15) is 19.5 Å². The van der Waals surface area contributed by atoms with E-state index in [2.05, 4.69) is 0 Å². The number of aliphatic hydroxyl groups excluding tert-OH is 1. The summed E-state index contributed by atoms with van der Waals surface area (Å²) in [5, 5.41) is 18.8. The van der Waals surface area contributed by atoms with E-state index in [0.717, 1.165) is 5.56 Å². The molecule has 0 aromatic heterocycles.